The number of amides is 1. The summed E-state index contributed by atoms with van der Waals surface area (Å²) >= 11 is 6.56. The van der Waals surface area contributed by atoms with Crippen molar-refractivity contribution >= 4 is 23.3 Å². The number of benzene rings is 1. The van der Waals surface area contributed by atoms with E-state index in [1.165, 1.54) is 12.1 Å². The van der Waals surface area contributed by atoms with Crippen LogP contribution in [0.15, 0.2) is 42.7 Å². The number of fused-ring (bicyclic) bond motifs is 1. The molecular weight excluding hydrogens is 511 g/mol. The van der Waals surface area contributed by atoms with Crippen LogP contribution in [0.1, 0.15) is 41.9 Å². The average Bonchev–Trinajstić information content (AvgIpc) is 3.45. The Hall–Kier alpha value is -2.98. The van der Waals surface area contributed by atoms with Crippen LogP contribution in [0.2, 0.25) is 5.02 Å². The number of methoxy groups -OCH3 is 1. The van der Waals surface area contributed by atoms with Gasteiger partial charge in [0.05, 0.1) is 42.5 Å². The molecule has 2 aromatic heterocycles. The van der Waals surface area contributed by atoms with Crippen molar-refractivity contribution in [3.8, 4) is 11.1 Å². The molecule has 202 valence electrons. The molecule has 1 fully saturated rings. The van der Waals surface area contributed by atoms with Crippen molar-refractivity contribution in [1.82, 2.24) is 14.5 Å². The molecule has 10 heteroatoms. The lowest BCUT2D eigenvalue weighted by atomic mass is 10.0. The molecule has 38 heavy (non-hydrogen) atoms. The second-order valence-electron chi connectivity index (χ2n) is 10.5. The number of aliphatic hydroxyl groups is 1. The Balaban J connectivity index is 1.43. The third-order valence-corrected chi connectivity index (χ3v) is 7.50. The minimum Gasteiger partial charge on any atom is -0.392 e. The van der Waals surface area contributed by atoms with E-state index in [1.54, 1.807) is 24.3 Å². The lowest BCUT2D eigenvalue weighted by Crippen LogP contribution is -2.49. The first-order valence-electron chi connectivity index (χ1n) is 12.6. The van der Waals surface area contributed by atoms with Crippen molar-refractivity contribution in [2.24, 2.45) is 0 Å². The van der Waals surface area contributed by atoms with Gasteiger partial charge in [-0.05, 0) is 55.7 Å². The molecule has 1 amide bonds. The maximum Gasteiger partial charge on any atom is 0.271 e. The quantitative estimate of drug-likeness (QED) is 0.436. The lowest BCUT2D eigenvalue weighted by Gasteiger charge is -2.36. The number of hydrogen-bond donors (Lipinski definition) is 2. The first-order valence-corrected chi connectivity index (χ1v) is 13.0. The highest BCUT2D eigenvalue weighted by Crippen LogP contribution is 2.34. The van der Waals surface area contributed by atoms with Crippen LogP contribution in [-0.4, -0.2) is 63.5 Å². The van der Waals surface area contributed by atoms with Crippen LogP contribution >= 0.6 is 11.6 Å². The molecule has 2 aliphatic heterocycles. The molecule has 1 aromatic carbocycles. The molecule has 5 rings (SSSR count). The summed E-state index contributed by atoms with van der Waals surface area (Å²) in [5.41, 5.74) is 3.03. The first-order chi connectivity index (χ1) is 18.2. The Morgan fingerprint density at radius 2 is 2.11 bits per heavy atom. The van der Waals surface area contributed by atoms with E-state index in [0.717, 1.165) is 17.5 Å². The molecular formula is C28H32ClFN4O4. The van der Waals surface area contributed by atoms with Crippen LogP contribution in [0.5, 0.6) is 0 Å². The van der Waals surface area contributed by atoms with E-state index >= 15 is 0 Å². The minimum absolute atomic E-state index is 0.144. The zero-order valence-corrected chi connectivity index (χ0v) is 22.5. The molecule has 1 saturated heterocycles. The summed E-state index contributed by atoms with van der Waals surface area (Å²) in [7, 11) is 1.59. The van der Waals surface area contributed by atoms with Gasteiger partial charge in [-0.1, -0.05) is 17.7 Å². The van der Waals surface area contributed by atoms with Crippen molar-refractivity contribution in [2.75, 3.05) is 25.6 Å². The maximum absolute atomic E-state index is 14.0. The smallest absolute Gasteiger partial charge is 0.271 e. The normalized spacial score (nSPS) is 20.6. The van der Waals surface area contributed by atoms with Gasteiger partial charge >= 0.3 is 0 Å². The average molecular weight is 543 g/mol. The zero-order chi connectivity index (χ0) is 27.0. The molecule has 2 atom stereocenters. The second kappa shape index (κ2) is 10.6. The summed E-state index contributed by atoms with van der Waals surface area (Å²) in [5, 5.41) is 13.7. The fraction of sp³-hybridized carbons (Fsp3) is 0.429. The molecule has 0 saturated carbocycles. The van der Waals surface area contributed by atoms with Gasteiger partial charge in [-0.3, -0.25) is 4.79 Å². The minimum atomic E-state index is -0.417. The van der Waals surface area contributed by atoms with Crippen LogP contribution in [-0.2, 0) is 29.2 Å². The lowest BCUT2D eigenvalue weighted by molar-refractivity contribution is 0.0363. The number of nitrogens with one attached hydrogen (secondary N) is 1. The number of anilines is 1. The van der Waals surface area contributed by atoms with Crippen molar-refractivity contribution in [3.05, 3.63) is 70.4 Å². The molecule has 0 aliphatic carbocycles. The molecule has 2 N–H and O–H groups in total. The van der Waals surface area contributed by atoms with Crippen molar-refractivity contribution < 1.29 is 23.8 Å². The first kappa shape index (κ1) is 26.6. The van der Waals surface area contributed by atoms with Gasteiger partial charge in [-0.25, -0.2) is 9.37 Å². The van der Waals surface area contributed by atoms with Crippen LogP contribution in [0.25, 0.3) is 11.1 Å². The number of carbonyl (C=O) groups is 1. The predicted molar refractivity (Wildman–Crippen MR) is 143 cm³/mol. The molecule has 1 unspecified atom stereocenters. The molecule has 0 bridgehead atoms. The van der Waals surface area contributed by atoms with Crippen molar-refractivity contribution in [3.63, 3.8) is 0 Å². The summed E-state index contributed by atoms with van der Waals surface area (Å²) in [6.07, 6.45) is 4.39. The summed E-state index contributed by atoms with van der Waals surface area (Å²) in [6.45, 7) is 5.46. The van der Waals surface area contributed by atoms with Crippen LogP contribution in [0.3, 0.4) is 0 Å². The molecule has 8 nitrogen and oxygen atoms in total. The number of ether oxygens (including phenoxy) is 2. The highest BCUT2D eigenvalue weighted by molar-refractivity contribution is 6.33. The summed E-state index contributed by atoms with van der Waals surface area (Å²) in [4.78, 5) is 19.8. The third kappa shape index (κ3) is 5.42. The van der Waals surface area contributed by atoms with E-state index in [-0.39, 0.29) is 36.7 Å². The Labute approximate surface area is 226 Å². The molecule has 3 aromatic rings. The standard InChI is InChI=1S/C28H32ClFN4O4/c1-28(2)9-21(15-38-28)32-26-8-23(24(29)10-31-26)19-7-25-27(36)34(22(16-37-3)13-33(25)11-19)12-18-6-20(30)5-4-17(18)14-35/h4-8,10-11,21-22,35H,9,12-16H2,1-3H3,(H,31,32)/t21?,22-/m1/s1. The van der Waals surface area contributed by atoms with Gasteiger partial charge in [-0.15, -0.1) is 0 Å². The van der Waals surface area contributed by atoms with Gasteiger partial charge in [0, 0.05) is 43.7 Å². The van der Waals surface area contributed by atoms with Gasteiger partial charge in [-0.2, -0.15) is 0 Å². The van der Waals surface area contributed by atoms with Gasteiger partial charge in [0.1, 0.15) is 17.3 Å². The number of carbonyl (C=O) groups excluding carboxylic acids is 1. The number of pyridine rings is 1. The number of aliphatic hydroxyl groups excluding tert-OH is 1. The highest BCUT2D eigenvalue weighted by Gasteiger charge is 2.34. The summed E-state index contributed by atoms with van der Waals surface area (Å²) < 4.78 is 27.2. The van der Waals surface area contributed by atoms with E-state index in [1.807, 2.05) is 22.9 Å². The Morgan fingerprint density at radius 1 is 1.29 bits per heavy atom. The van der Waals surface area contributed by atoms with Gasteiger partial charge < -0.3 is 29.4 Å². The van der Waals surface area contributed by atoms with Crippen LogP contribution in [0.4, 0.5) is 10.2 Å². The number of aromatic nitrogens is 2. The monoisotopic (exact) mass is 542 g/mol. The number of hydrogen-bond acceptors (Lipinski definition) is 6. The van der Waals surface area contributed by atoms with E-state index < -0.39 is 5.82 Å². The maximum atomic E-state index is 14.0. The molecule has 0 radical (unpaired) electrons. The summed E-state index contributed by atoms with van der Waals surface area (Å²) in [5.74, 6) is 0.0689. The van der Waals surface area contributed by atoms with E-state index in [4.69, 9.17) is 21.1 Å². The summed E-state index contributed by atoms with van der Waals surface area (Å²) in [6, 6.07) is 7.80. The zero-order valence-electron chi connectivity index (χ0n) is 21.7. The Bertz CT molecular complexity index is 1340. The third-order valence-electron chi connectivity index (χ3n) is 7.19. The number of halogens is 2. The van der Waals surface area contributed by atoms with Crippen LogP contribution in [0, 0.1) is 5.82 Å². The topological polar surface area (TPSA) is 88.8 Å². The predicted octanol–water partition coefficient (Wildman–Crippen LogP) is 4.49. The van der Waals surface area contributed by atoms with Gasteiger partial charge in [0.2, 0.25) is 0 Å². The number of nitrogens with zero attached hydrogens (tertiary/aromatic N) is 3. The van der Waals surface area contributed by atoms with E-state index in [0.29, 0.717) is 47.4 Å². The van der Waals surface area contributed by atoms with Crippen LogP contribution < -0.4 is 5.32 Å². The molecule has 4 heterocycles. The molecule has 0 spiro atoms. The van der Waals surface area contributed by atoms with Crippen molar-refractivity contribution in [2.45, 2.75) is 57.6 Å². The largest absolute Gasteiger partial charge is 0.392 e. The fourth-order valence-electron chi connectivity index (χ4n) is 5.32. The van der Waals surface area contributed by atoms with E-state index in [9.17, 15) is 14.3 Å². The van der Waals surface area contributed by atoms with Gasteiger partial charge in [0.15, 0.2) is 0 Å². The molecule has 2 aliphatic rings. The second-order valence-corrected chi connectivity index (χ2v) is 11.0. The highest BCUT2D eigenvalue weighted by atomic mass is 35.5. The van der Waals surface area contributed by atoms with Gasteiger partial charge in [0.25, 0.3) is 5.91 Å². The van der Waals surface area contributed by atoms with E-state index in [2.05, 4.69) is 24.1 Å². The Morgan fingerprint density at radius 3 is 2.82 bits per heavy atom. The number of rotatable bonds is 8. The fourth-order valence-corrected chi connectivity index (χ4v) is 5.53. The van der Waals surface area contributed by atoms with Crippen molar-refractivity contribution in [1.29, 1.82) is 0 Å². The SMILES string of the molecule is COC[C@H]1Cn2cc(-c3cc(NC4COC(C)(C)C4)ncc3Cl)cc2C(=O)N1Cc1cc(F)ccc1CO. The Kier molecular flexibility index (Phi) is 7.46.